The third-order valence-electron chi connectivity index (χ3n) is 1.000. The Labute approximate surface area is 66.6 Å². The van der Waals surface area contributed by atoms with E-state index in [0.717, 1.165) is 0 Å². The van der Waals surface area contributed by atoms with Gasteiger partial charge in [-0.2, -0.15) is 5.26 Å². The quantitative estimate of drug-likeness (QED) is 0.683. The van der Waals surface area contributed by atoms with E-state index in [0.29, 0.717) is 15.9 Å². The van der Waals surface area contributed by atoms with E-state index in [1.54, 1.807) is 0 Å². The first-order chi connectivity index (χ1) is 4.74. The zero-order chi connectivity index (χ0) is 7.56. The molecule has 0 fully saturated rings. The molecule has 0 atom stereocenters. The summed E-state index contributed by atoms with van der Waals surface area (Å²) < 4.78 is 0.714. The lowest BCUT2D eigenvalue weighted by Crippen LogP contribution is -1.89. The van der Waals surface area contributed by atoms with Crippen molar-refractivity contribution < 1.29 is 0 Å². The molecule has 50 valence electrons. The molecule has 3 nitrogen and oxygen atoms in total. The summed E-state index contributed by atoms with van der Waals surface area (Å²) in [7, 11) is 0. The van der Waals surface area contributed by atoms with Gasteiger partial charge in [-0.25, -0.2) is 4.98 Å². The summed E-state index contributed by atoms with van der Waals surface area (Å²) in [4.78, 5) is 3.77. The molecule has 1 heterocycles. The van der Waals surface area contributed by atoms with Crippen molar-refractivity contribution in [1.29, 1.82) is 5.26 Å². The van der Waals surface area contributed by atoms with E-state index in [2.05, 4.69) is 20.9 Å². The summed E-state index contributed by atoms with van der Waals surface area (Å²) in [6, 6.07) is 3.40. The van der Waals surface area contributed by atoms with Gasteiger partial charge < -0.3 is 5.73 Å². The fourth-order valence-corrected chi connectivity index (χ4v) is 0.732. The van der Waals surface area contributed by atoms with Crippen LogP contribution < -0.4 is 5.73 Å². The van der Waals surface area contributed by atoms with E-state index in [4.69, 9.17) is 11.0 Å². The van der Waals surface area contributed by atoms with Crippen LogP contribution in [-0.4, -0.2) is 4.98 Å². The lowest BCUT2D eigenvalue weighted by atomic mass is 10.3. The monoisotopic (exact) mass is 197 g/mol. The molecule has 0 aliphatic heterocycles. The Morgan fingerprint density at radius 2 is 2.40 bits per heavy atom. The highest BCUT2D eigenvalue weighted by atomic mass is 79.9. The molecule has 1 aromatic rings. The fraction of sp³-hybridized carbons (Fsp3) is 0. The van der Waals surface area contributed by atoms with Gasteiger partial charge in [-0.3, -0.25) is 0 Å². The number of nitrogen functional groups attached to an aromatic ring is 1. The number of hydrogen-bond donors (Lipinski definition) is 1. The zero-order valence-electron chi connectivity index (χ0n) is 5.00. The highest BCUT2D eigenvalue weighted by Gasteiger charge is 1.96. The van der Waals surface area contributed by atoms with Gasteiger partial charge in [0.25, 0.3) is 0 Å². The van der Waals surface area contributed by atoms with E-state index >= 15 is 0 Å². The maximum absolute atomic E-state index is 8.37. The molecule has 0 amide bonds. The number of pyridine rings is 1. The number of halogens is 1. The first-order valence-corrected chi connectivity index (χ1v) is 3.34. The molecule has 0 aromatic carbocycles. The Morgan fingerprint density at radius 3 is 2.90 bits per heavy atom. The molecule has 0 spiro atoms. The number of anilines is 1. The van der Waals surface area contributed by atoms with Crippen LogP contribution >= 0.6 is 15.9 Å². The Morgan fingerprint density at radius 1 is 1.70 bits per heavy atom. The van der Waals surface area contributed by atoms with Crippen molar-refractivity contribution in [1.82, 2.24) is 4.98 Å². The standard InChI is InChI=1S/C6H4BrN3/c7-5-3-10-4(2-8)1-6(5)9/h1,3H,(H2,9,10). The first kappa shape index (κ1) is 7.03. The summed E-state index contributed by atoms with van der Waals surface area (Å²) >= 11 is 3.16. The smallest absolute Gasteiger partial charge is 0.142 e. The second-order valence-electron chi connectivity index (χ2n) is 1.70. The van der Waals surface area contributed by atoms with Crippen LogP contribution in [0.25, 0.3) is 0 Å². The first-order valence-electron chi connectivity index (χ1n) is 2.55. The van der Waals surface area contributed by atoms with Gasteiger partial charge in [0.2, 0.25) is 0 Å². The number of aromatic nitrogens is 1. The van der Waals surface area contributed by atoms with Crippen molar-refractivity contribution in [3.05, 3.63) is 22.4 Å². The van der Waals surface area contributed by atoms with E-state index < -0.39 is 0 Å². The van der Waals surface area contributed by atoms with Gasteiger partial charge in [-0.15, -0.1) is 0 Å². The summed E-state index contributed by atoms with van der Waals surface area (Å²) in [5.74, 6) is 0. The number of nitriles is 1. The molecule has 1 rings (SSSR count). The summed E-state index contributed by atoms with van der Waals surface area (Å²) in [5, 5.41) is 8.37. The van der Waals surface area contributed by atoms with Crippen LogP contribution in [0.5, 0.6) is 0 Å². The normalized spacial score (nSPS) is 8.80. The van der Waals surface area contributed by atoms with Gasteiger partial charge in [0, 0.05) is 6.20 Å². The van der Waals surface area contributed by atoms with Gasteiger partial charge in [0.05, 0.1) is 10.2 Å². The maximum atomic E-state index is 8.37. The molecule has 2 N–H and O–H groups in total. The summed E-state index contributed by atoms with van der Waals surface area (Å²) in [5.41, 5.74) is 6.33. The molecule has 4 heteroatoms. The van der Waals surface area contributed by atoms with Gasteiger partial charge in [0.1, 0.15) is 11.8 Å². The molecular weight excluding hydrogens is 194 g/mol. The van der Waals surface area contributed by atoms with E-state index in [1.165, 1.54) is 12.3 Å². The van der Waals surface area contributed by atoms with Crippen molar-refractivity contribution in [2.45, 2.75) is 0 Å². The average molecular weight is 198 g/mol. The zero-order valence-corrected chi connectivity index (χ0v) is 6.59. The van der Waals surface area contributed by atoms with Crippen molar-refractivity contribution in [3.8, 4) is 6.07 Å². The fourth-order valence-electron chi connectivity index (χ4n) is 0.515. The van der Waals surface area contributed by atoms with Crippen LogP contribution in [0.1, 0.15) is 5.69 Å². The second-order valence-corrected chi connectivity index (χ2v) is 2.56. The lowest BCUT2D eigenvalue weighted by molar-refractivity contribution is 1.25. The van der Waals surface area contributed by atoms with Crippen molar-refractivity contribution in [3.63, 3.8) is 0 Å². The average Bonchev–Trinajstić information content (AvgIpc) is 1.95. The van der Waals surface area contributed by atoms with Crippen LogP contribution in [0, 0.1) is 11.3 Å². The van der Waals surface area contributed by atoms with E-state index in [-0.39, 0.29) is 0 Å². The molecule has 0 aliphatic carbocycles. The van der Waals surface area contributed by atoms with Crippen molar-refractivity contribution in [2.75, 3.05) is 5.73 Å². The van der Waals surface area contributed by atoms with Crippen LogP contribution in [0.4, 0.5) is 5.69 Å². The SMILES string of the molecule is N#Cc1cc(N)c(Br)cn1. The van der Waals surface area contributed by atoms with Gasteiger partial charge >= 0.3 is 0 Å². The van der Waals surface area contributed by atoms with E-state index in [9.17, 15) is 0 Å². The van der Waals surface area contributed by atoms with Gasteiger partial charge in [-0.05, 0) is 22.0 Å². The minimum atomic E-state index is 0.334. The largest absolute Gasteiger partial charge is 0.398 e. The minimum absolute atomic E-state index is 0.334. The third-order valence-corrected chi connectivity index (χ3v) is 1.66. The van der Waals surface area contributed by atoms with Crippen LogP contribution in [-0.2, 0) is 0 Å². The maximum Gasteiger partial charge on any atom is 0.142 e. The molecule has 0 radical (unpaired) electrons. The number of nitrogens with two attached hydrogens (primary N) is 1. The molecule has 0 saturated carbocycles. The highest BCUT2D eigenvalue weighted by molar-refractivity contribution is 9.10. The second kappa shape index (κ2) is 2.67. The molecule has 1 aromatic heterocycles. The van der Waals surface area contributed by atoms with Crippen LogP contribution in [0.3, 0.4) is 0 Å². The van der Waals surface area contributed by atoms with Crippen molar-refractivity contribution >= 4 is 21.6 Å². The Bertz CT molecular complexity index is 290. The Kier molecular flexibility index (Phi) is 1.88. The molecule has 0 aliphatic rings. The summed E-state index contributed by atoms with van der Waals surface area (Å²) in [6.07, 6.45) is 1.51. The minimum Gasteiger partial charge on any atom is -0.398 e. The lowest BCUT2D eigenvalue weighted by Gasteiger charge is -1.94. The number of rotatable bonds is 0. The number of hydrogen-bond acceptors (Lipinski definition) is 3. The van der Waals surface area contributed by atoms with Gasteiger partial charge in [-0.1, -0.05) is 0 Å². The predicted octanol–water partition coefficient (Wildman–Crippen LogP) is 1.30. The molecule has 0 unspecified atom stereocenters. The molecule has 0 bridgehead atoms. The highest BCUT2D eigenvalue weighted by Crippen LogP contribution is 2.17. The van der Waals surface area contributed by atoms with E-state index in [1.807, 2.05) is 6.07 Å². The Hall–Kier alpha value is -1.08. The number of nitrogens with zero attached hydrogens (tertiary/aromatic N) is 2. The van der Waals surface area contributed by atoms with Crippen LogP contribution in [0.2, 0.25) is 0 Å². The third kappa shape index (κ3) is 1.25. The molecule has 0 saturated heterocycles. The van der Waals surface area contributed by atoms with Gasteiger partial charge in [0.15, 0.2) is 0 Å². The summed E-state index contributed by atoms with van der Waals surface area (Å²) in [6.45, 7) is 0. The topological polar surface area (TPSA) is 62.7 Å². The molecular formula is C6H4BrN3. The Balaban J connectivity index is 3.20. The predicted molar refractivity (Wildman–Crippen MR) is 41.1 cm³/mol. The van der Waals surface area contributed by atoms with Crippen LogP contribution in [0.15, 0.2) is 16.7 Å². The molecule has 10 heavy (non-hydrogen) atoms. The van der Waals surface area contributed by atoms with Crippen molar-refractivity contribution in [2.24, 2.45) is 0 Å².